The molecule has 2 N–H and O–H groups in total. The zero-order chi connectivity index (χ0) is 14.0. The van der Waals surface area contributed by atoms with Crippen LogP contribution < -0.4 is 10.6 Å². The van der Waals surface area contributed by atoms with E-state index in [-0.39, 0.29) is 5.91 Å². The van der Waals surface area contributed by atoms with Gasteiger partial charge in [0.1, 0.15) is 0 Å². The number of carbonyl (C=O) groups excluding carboxylic acids is 1. The lowest BCUT2D eigenvalue weighted by atomic mass is 10.2. The van der Waals surface area contributed by atoms with E-state index in [0.29, 0.717) is 21.7 Å². The molecule has 1 aliphatic carbocycles. The Hall–Kier alpha value is -1.33. The van der Waals surface area contributed by atoms with Gasteiger partial charge in [-0.25, -0.2) is 0 Å². The van der Waals surface area contributed by atoms with Crippen molar-refractivity contribution in [2.24, 2.45) is 0 Å². The molecule has 0 aliphatic heterocycles. The van der Waals surface area contributed by atoms with Crippen molar-refractivity contribution in [3.05, 3.63) is 28.8 Å². The zero-order valence-electron chi connectivity index (χ0n) is 10.9. The Morgan fingerprint density at radius 3 is 2.63 bits per heavy atom. The van der Waals surface area contributed by atoms with Crippen LogP contribution in [0.4, 0.5) is 5.69 Å². The number of thiocarbonyl (C=S) groups is 1. The minimum Gasteiger partial charge on any atom is -0.360 e. The predicted molar refractivity (Wildman–Crippen MR) is 81.8 cm³/mol. The van der Waals surface area contributed by atoms with Crippen molar-refractivity contribution < 1.29 is 4.79 Å². The Bertz CT molecular complexity index is 515. The van der Waals surface area contributed by atoms with E-state index in [1.807, 2.05) is 0 Å². The Balaban J connectivity index is 2.05. The first kappa shape index (κ1) is 14.1. The highest BCUT2D eigenvalue weighted by molar-refractivity contribution is 7.80. The minimum absolute atomic E-state index is 0.116. The van der Waals surface area contributed by atoms with Crippen molar-refractivity contribution in [2.75, 3.05) is 19.4 Å². The van der Waals surface area contributed by atoms with Gasteiger partial charge in [-0.1, -0.05) is 11.6 Å². The van der Waals surface area contributed by atoms with E-state index >= 15 is 0 Å². The summed E-state index contributed by atoms with van der Waals surface area (Å²) >= 11 is 11.3. The molecule has 0 spiro atoms. The molecule has 0 aromatic heterocycles. The summed E-state index contributed by atoms with van der Waals surface area (Å²) in [7, 11) is 3.39. The van der Waals surface area contributed by atoms with Crippen LogP contribution in [-0.2, 0) is 0 Å². The second kappa shape index (κ2) is 5.75. The predicted octanol–water partition coefficient (Wildman–Crippen LogP) is 2.49. The third-order valence-corrected chi connectivity index (χ3v) is 3.31. The molecule has 102 valence electrons. The molecule has 0 heterocycles. The number of benzene rings is 1. The summed E-state index contributed by atoms with van der Waals surface area (Å²) in [4.78, 5) is 13.3. The molecule has 0 atom stereocenters. The number of rotatable bonds is 3. The van der Waals surface area contributed by atoms with Gasteiger partial charge in [0.25, 0.3) is 5.91 Å². The van der Waals surface area contributed by atoms with Crippen LogP contribution in [0.25, 0.3) is 0 Å². The number of amides is 1. The molecule has 4 nitrogen and oxygen atoms in total. The summed E-state index contributed by atoms with van der Waals surface area (Å²) in [6.07, 6.45) is 2.33. The number of hydrogen-bond donors (Lipinski definition) is 2. The van der Waals surface area contributed by atoms with Crippen molar-refractivity contribution >= 4 is 40.5 Å². The number of hydrogen-bond acceptors (Lipinski definition) is 2. The molecular formula is C13H16ClN3OS. The first-order valence-electron chi connectivity index (χ1n) is 6.06. The highest BCUT2D eigenvalue weighted by atomic mass is 35.5. The molecule has 6 heteroatoms. The Morgan fingerprint density at radius 2 is 2.11 bits per heavy atom. The molecule has 1 saturated carbocycles. The van der Waals surface area contributed by atoms with E-state index in [1.165, 1.54) is 17.7 Å². The van der Waals surface area contributed by atoms with Crippen LogP contribution in [0, 0.1) is 0 Å². The van der Waals surface area contributed by atoms with Gasteiger partial charge in [0.15, 0.2) is 5.11 Å². The van der Waals surface area contributed by atoms with Crippen LogP contribution in [0.15, 0.2) is 18.2 Å². The monoisotopic (exact) mass is 297 g/mol. The molecule has 0 unspecified atom stereocenters. The number of nitrogens with one attached hydrogen (secondary N) is 2. The summed E-state index contributed by atoms with van der Waals surface area (Å²) in [6.45, 7) is 0. The molecule has 1 amide bonds. The fourth-order valence-corrected chi connectivity index (χ4v) is 2.13. The van der Waals surface area contributed by atoms with Gasteiger partial charge in [-0.2, -0.15) is 0 Å². The highest BCUT2D eigenvalue weighted by Gasteiger charge is 2.21. The molecule has 0 radical (unpaired) electrons. The van der Waals surface area contributed by atoms with E-state index in [9.17, 15) is 4.79 Å². The van der Waals surface area contributed by atoms with Gasteiger partial charge in [-0.3, -0.25) is 4.79 Å². The fraction of sp³-hybridized carbons (Fsp3) is 0.385. The maximum Gasteiger partial charge on any atom is 0.254 e. The standard InChI is InChI=1S/C13H16ClN3OS/c1-17(2)12(18)10-6-5-9(7-11(10)14)16-13(19)15-8-3-4-8/h5-8H,3-4H2,1-2H3,(H2,15,16,19). The number of nitrogens with zero attached hydrogens (tertiary/aromatic N) is 1. The molecule has 0 saturated heterocycles. The summed E-state index contributed by atoms with van der Waals surface area (Å²) in [6, 6.07) is 5.71. The molecule has 1 aliphatic rings. The van der Waals surface area contributed by atoms with Gasteiger partial charge in [0, 0.05) is 25.8 Å². The third kappa shape index (κ3) is 3.81. The third-order valence-electron chi connectivity index (χ3n) is 2.78. The second-order valence-corrected chi connectivity index (χ2v) is 5.58. The molecule has 2 rings (SSSR count). The lowest BCUT2D eigenvalue weighted by Gasteiger charge is -2.14. The van der Waals surface area contributed by atoms with Crippen LogP contribution >= 0.6 is 23.8 Å². The van der Waals surface area contributed by atoms with Crippen LogP contribution in [-0.4, -0.2) is 36.1 Å². The molecule has 19 heavy (non-hydrogen) atoms. The van der Waals surface area contributed by atoms with Gasteiger partial charge in [-0.15, -0.1) is 0 Å². The second-order valence-electron chi connectivity index (χ2n) is 4.77. The quantitative estimate of drug-likeness (QED) is 0.842. The normalized spacial score (nSPS) is 13.8. The number of anilines is 1. The Morgan fingerprint density at radius 1 is 1.42 bits per heavy atom. The van der Waals surface area contributed by atoms with Gasteiger partial charge in [0.05, 0.1) is 10.6 Å². The van der Waals surface area contributed by atoms with E-state index in [1.54, 1.807) is 32.3 Å². The number of halogens is 1. The molecule has 1 aromatic carbocycles. The van der Waals surface area contributed by atoms with Crippen LogP contribution in [0.1, 0.15) is 23.2 Å². The fourth-order valence-electron chi connectivity index (χ4n) is 1.59. The first-order valence-corrected chi connectivity index (χ1v) is 6.84. The largest absolute Gasteiger partial charge is 0.360 e. The zero-order valence-corrected chi connectivity index (χ0v) is 12.4. The highest BCUT2D eigenvalue weighted by Crippen LogP contribution is 2.23. The Labute approximate surface area is 123 Å². The number of carbonyl (C=O) groups is 1. The van der Waals surface area contributed by atoms with Crippen LogP contribution in [0.2, 0.25) is 5.02 Å². The molecule has 1 aromatic rings. The summed E-state index contributed by atoms with van der Waals surface area (Å²) in [5, 5.41) is 7.24. The van der Waals surface area contributed by atoms with Crippen molar-refractivity contribution in [1.29, 1.82) is 0 Å². The summed E-state index contributed by atoms with van der Waals surface area (Å²) in [5.74, 6) is -0.116. The smallest absolute Gasteiger partial charge is 0.254 e. The van der Waals surface area contributed by atoms with Crippen molar-refractivity contribution in [2.45, 2.75) is 18.9 Å². The maximum atomic E-state index is 11.8. The lowest BCUT2D eigenvalue weighted by molar-refractivity contribution is 0.0828. The van der Waals surface area contributed by atoms with Crippen molar-refractivity contribution in [3.8, 4) is 0 Å². The Kier molecular flexibility index (Phi) is 4.27. The SMILES string of the molecule is CN(C)C(=O)c1ccc(NC(=S)NC2CC2)cc1Cl. The minimum atomic E-state index is -0.116. The van der Waals surface area contributed by atoms with Gasteiger partial charge < -0.3 is 15.5 Å². The van der Waals surface area contributed by atoms with Gasteiger partial charge >= 0.3 is 0 Å². The average Bonchev–Trinajstić information content (AvgIpc) is 3.12. The van der Waals surface area contributed by atoms with E-state index in [4.69, 9.17) is 23.8 Å². The summed E-state index contributed by atoms with van der Waals surface area (Å²) in [5.41, 5.74) is 1.26. The van der Waals surface area contributed by atoms with Gasteiger partial charge in [-0.05, 0) is 43.3 Å². The van der Waals surface area contributed by atoms with E-state index in [0.717, 1.165) is 5.69 Å². The topological polar surface area (TPSA) is 44.4 Å². The van der Waals surface area contributed by atoms with Crippen LogP contribution in [0.3, 0.4) is 0 Å². The first-order chi connectivity index (χ1) is 8.97. The maximum absolute atomic E-state index is 11.8. The van der Waals surface area contributed by atoms with Crippen molar-refractivity contribution in [1.82, 2.24) is 10.2 Å². The molecular weight excluding hydrogens is 282 g/mol. The van der Waals surface area contributed by atoms with Gasteiger partial charge in [0.2, 0.25) is 0 Å². The average molecular weight is 298 g/mol. The lowest BCUT2D eigenvalue weighted by Crippen LogP contribution is -2.30. The van der Waals surface area contributed by atoms with E-state index in [2.05, 4.69) is 10.6 Å². The molecule has 0 bridgehead atoms. The van der Waals surface area contributed by atoms with Crippen LogP contribution in [0.5, 0.6) is 0 Å². The van der Waals surface area contributed by atoms with Crippen molar-refractivity contribution in [3.63, 3.8) is 0 Å². The van der Waals surface area contributed by atoms with E-state index < -0.39 is 0 Å². The summed E-state index contributed by atoms with van der Waals surface area (Å²) < 4.78 is 0. The molecule has 1 fully saturated rings.